The Morgan fingerprint density at radius 1 is 0.763 bits per heavy atom. The smallest absolute Gasteiger partial charge is 0.305 e. The molecular formula is C34H54NO3+. The number of esters is 1. The minimum Gasteiger partial charge on any atom is -0.487 e. The first-order valence-electron chi connectivity index (χ1n) is 15.1. The molecule has 4 heteroatoms. The molecule has 38 heavy (non-hydrogen) atoms. The molecule has 0 N–H and O–H groups in total. The van der Waals surface area contributed by atoms with Gasteiger partial charge in [0.25, 0.3) is 0 Å². The van der Waals surface area contributed by atoms with Crippen molar-refractivity contribution in [1.82, 2.24) is 0 Å². The first-order valence-corrected chi connectivity index (χ1v) is 15.1. The Labute approximate surface area is 233 Å². The molecule has 0 radical (unpaired) electrons. The number of rotatable bonds is 21. The van der Waals surface area contributed by atoms with Crippen LogP contribution in [0.1, 0.15) is 102 Å². The number of benzene rings is 2. The standard InChI is InChI=1S/C34H54NO3/c1-5-6-7-8-9-10-11-12-14-19-31-23-25-33(26-24-31)38-30(2)29-37-34(36)22-17-18-27-35(3,4)28-32-20-15-13-16-21-32/h13,15-16,20-21,23-26,30H,5-12,14,17-19,22,27-29H2,1-4H3/q+1. The number of unbranched alkanes of at least 4 members (excludes halogenated alkanes) is 9. The van der Waals surface area contributed by atoms with Crippen molar-refractivity contribution in [2.75, 3.05) is 27.2 Å². The summed E-state index contributed by atoms with van der Waals surface area (Å²) in [6.45, 7) is 6.55. The van der Waals surface area contributed by atoms with E-state index in [1.54, 1.807) is 0 Å². The van der Waals surface area contributed by atoms with Gasteiger partial charge in [-0.05, 0) is 50.3 Å². The maximum absolute atomic E-state index is 12.2. The van der Waals surface area contributed by atoms with Gasteiger partial charge in [-0.15, -0.1) is 0 Å². The Bertz CT molecular complexity index is 863. The molecule has 2 rings (SSSR count). The summed E-state index contributed by atoms with van der Waals surface area (Å²) in [5, 5.41) is 0. The highest BCUT2D eigenvalue weighted by molar-refractivity contribution is 5.69. The number of hydrogen-bond acceptors (Lipinski definition) is 3. The second-order valence-corrected chi connectivity index (χ2v) is 11.6. The summed E-state index contributed by atoms with van der Waals surface area (Å²) in [4.78, 5) is 12.2. The van der Waals surface area contributed by atoms with Gasteiger partial charge in [0, 0.05) is 12.0 Å². The van der Waals surface area contributed by atoms with Crippen LogP contribution in [-0.4, -0.2) is 43.8 Å². The minimum atomic E-state index is -0.163. The van der Waals surface area contributed by atoms with Crippen LogP contribution in [-0.2, 0) is 22.5 Å². The van der Waals surface area contributed by atoms with Gasteiger partial charge in [-0.25, -0.2) is 0 Å². The van der Waals surface area contributed by atoms with Crippen LogP contribution in [0.25, 0.3) is 0 Å². The van der Waals surface area contributed by atoms with Gasteiger partial charge in [0.2, 0.25) is 0 Å². The van der Waals surface area contributed by atoms with Crippen LogP contribution in [0.15, 0.2) is 54.6 Å². The normalized spacial score (nSPS) is 12.3. The lowest BCUT2D eigenvalue weighted by Gasteiger charge is -2.30. The van der Waals surface area contributed by atoms with Gasteiger partial charge in [-0.2, -0.15) is 0 Å². The maximum atomic E-state index is 12.2. The summed E-state index contributed by atoms with van der Waals surface area (Å²) in [5.41, 5.74) is 2.71. The molecule has 0 fully saturated rings. The summed E-state index contributed by atoms with van der Waals surface area (Å²) in [7, 11) is 4.49. The molecular weight excluding hydrogens is 470 g/mol. The highest BCUT2D eigenvalue weighted by Gasteiger charge is 2.16. The fourth-order valence-electron chi connectivity index (χ4n) is 4.89. The lowest BCUT2D eigenvalue weighted by Crippen LogP contribution is -2.39. The van der Waals surface area contributed by atoms with E-state index in [1.807, 2.05) is 19.1 Å². The topological polar surface area (TPSA) is 35.5 Å². The molecule has 0 heterocycles. The second kappa shape index (κ2) is 18.8. The van der Waals surface area contributed by atoms with Crippen molar-refractivity contribution in [2.45, 2.75) is 110 Å². The molecule has 4 nitrogen and oxygen atoms in total. The number of aryl methyl sites for hydroxylation is 1. The Balaban J connectivity index is 1.52. The summed E-state index contributed by atoms with van der Waals surface area (Å²) < 4.78 is 12.4. The fourth-order valence-corrected chi connectivity index (χ4v) is 4.89. The molecule has 0 aromatic heterocycles. The molecule has 0 saturated heterocycles. The Kier molecular flexibility index (Phi) is 15.8. The number of hydrogen-bond donors (Lipinski definition) is 0. The molecule has 0 aliphatic rings. The van der Waals surface area contributed by atoms with Gasteiger partial charge in [-0.1, -0.05) is 101 Å². The third-order valence-corrected chi connectivity index (χ3v) is 7.16. The molecule has 2 aromatic carbocycles. The van der Waals surface area contributed by atoms with Crippen molar-refractivity contribution in [3.05, 3.63) is 65.7 Å². The van der Waals surface area contributed by atoms with Crippen molar-refractivity contribution >= 4 is 5.97 Å². The lowest BCUT2D eigenvalue weighted by atomic mass is 10.0. The van der Waals surface area contributed by atoms with Gasteiger partial charge in [0.05, 0.1) is 20.6 Å². The molecule has 0 aliphatic heterocycles. The predicted molar refractivity (Wildman–Crippen MR) is 159 cm³/mol. The van der Waals surface area contributed by atoms with Crippen LogP contribution in [0.2, 0.25) is 0 Å². The SMILES string of the molecule is CCCCCCCCCCCc1ccc(OC(C)COC(=O)CCCC[N+](C)(C)Cc2ccccc2)cc1. The molecule has 0 bridgehead atoms. The van der Waals surface area contributed by atoms with E-state index in [0.29, 0.717) is 6.42 Å². The molecule has 2 aromatic rings. The van der Waals surface area contributed by atoms with E-state index in [2.05, 4.69) is 63.5 Å². The fraction of sp³-hybridized carbons (Fsp3) is 0.618. The van der Waals surface area contributed by atoms with E-state index in [1.165, 1.54) is 68.9 Å². The van der Waals surface area contributed by atoms with Gasteiger partial charge in [0.15, 0.2) is 0 Å². The van der Waals surface area contributed by atoms with Gasteiger partial charge in [0.1, 0.15) is 25.0 Å². The van der Waals surface area contributed by atoms with Gasteiger partial charge < -0.3 is 14.0 Å². The molecule has 1 atom stereocenters. The summed E-state index contributed by atoms with van der Waals surface area (Å²) >= 11 is 0. The zero-order valence-electron chi connectivity index (χ0n) is 24.8. The first kappa shape index (κ1) is 31.9. The summed E-state index contributed by atoms with van der Waals surface area (Å²) in [5.74, 6) is 0.702. The Morgan fingerprint density at radius 3 is 2.05 bits per heavy atom. The van der Waals surface area contributed by atoms with E-state index in [4.69, 9.17) is 9.47 Å². The van der Waals surface area contributed by atoms with E-state index in [0.717, 1.165) is 42.6 Å². The van der Waals surface area contributed by atoms with E-state index >= 15 is 0 Å². The molecule has 212 valence electrons. The maximum Gasteiger partial charge on any atom is 0.305 e. The highest BCUT2D eigenvalue weighted by Crippen LogP contribution is 2.17. The number of carbonyl (C=O) groups excluding carboxylic acids is 1. The van der Waals surface area contributed by atoms with E-state index in [9.17, 15) is 4.79 Å². The van der Waals surface area contributed by atoms with E-state index < -0.39 is 0 Å². The van der Waals surface area contributed by atoms with Gasteiger partial charge in [-0.3, -0.25) is 4.79 Å². The molecule has 0 aliphatic carbocycles. The van der Waals surface area contributed by atoms with Crippen molar-refractivity contribution in [3.63, 3.8) is 0 Å². The number of nitrogens with zero attached hydrogens (tertiary/aromatic N) is 1. The molecule has 0 saturated carbocycles. The highest BCUT2D eigenvalue weighted by atomic mass is 16.6. The average molecular weight is 525 g/mol. The third kappa shape index (κ3) is 15.2. The van der Waals surface area contributed by atoms with Crippen molar-refractivity contribution in [1.29, 1.82) is 0 Å². The van der Waals surface area contributed by atoms with Crippen LogP contribution in [0.5, 0.6) is 5.75 Å². The number of carbonyl (C=O) groups is 1. The molecule has 0 amide bonds. The summed E-state index contributed by atoms with van der Waals surface area (Å²) in [6.07, 6.45) is 15.5. The van der Waals surface area contributed by atoms with Crippen molar-refractivity contribution < 1.29 is 18.8 Å². The van der Waals surface area contributed by atoms with Crippen LogP contribution in [0.3, 0.4) is 0 Å². The quantitative estimate of drug-likeness (QED) is 0.0932. The molecule has 1 unspecified atom stereocenters. The first-order chi connectivity index (χ1) is 18.4. The predicted octanol–water partition coefficient (Wildman–Crippen LogP) is 8.52. The minimum absolute atomic E-state index is 0.134. The monoisotopic (exact) mass is 524 g/mol. The molecule has 0 spiro atoms. The zero-order valence-corrected chi connectivity index (χ0v) is 24.8. The van der Waals surface area contributed by atoms with Crippen molar-refractivity contribution in [2.24, 2.45) is 0 Å². The number of quaternary nitrogens is 1. The van der Waals surface area contributed by atoms with Crippen molar-refractivity contribution in [3.8, 4) is 5.75 Å². The van der Waals surface area contributed by atoms with Crippen LogP contribution in [0, 0.1) is 0 Å². The van der Waals surface area contributed by atoms with E-state index in [-0.39, 0.29) is 18.7 Å². The largest absolute Gasteiger partial charge is 0.487 e. The number of ether oxygens (including phenoxy) is 2. The second-order valence-electron chi connectivity index (χ2n) is 11.6. The zero-order chi connectivity index (χ0) is 27.5. The van der Waals surface area contributed by atoms with Crippen LogP contribution in [0.4, 0.5) is 0 Å². The Morgan fingerprint density at radius 2 is 1.39 bits per heavy atom. The average Bonchev–Trinajstić information content (AvgIpc) is 2.90. The third-order valence-electron chi connectivity index (χ3n) is 7.16. The lowest BCUT2D eigenvalue weighted by molar-refractivity contribution is -0.903. The Hall–Kier alpha value is -2.33. The summed E-state index contributed by atoms with van der Waals surface area (Å²) in [6, 6.07) is 19.0. The van der Waals surface area contributed by atoms with Crippen LogP contribution >= 0.6 is 0 Å². The van der Waals surface area contributed by atoms with Gasteiger partial charge >= 0.3 is 5.97 Å². The van der Waals surface area contributed by atoms with Crippen LogP contribution < -0.4 is 4.74 Å².